The molecule has 1 aliphatic carbocycles. The molecule has 0 radical (unpaired) electrons. The minimum Gasteiger partial charge on any atom is -0.480 e. The van der Waals surface area contributed by atoms with Gasteiger partial charge in [-0.25, -0.2) is 9.37 Å². The number of aryl methyl sites for hydroxylation is 1. The van der Waals surface area contributed by atoms with Crippen molar-refractivity contribution in [1.29, 1.82) is 0 Å². The lowest BCUT2D eigenvalue weighted by atomic mass is 9.87. The number of nitrogens with zero attached hydrogens (tertiary/aromatic N) is 3. The molecular formula is C34H44FN3O2S. The van der Waals surface area contributed by atoms with E-state index in [-0.39, 0.29) is 23.7 Å². The third-order valence-electron chi connectivity index (χ3n) is 9.37. The van der Waals surface area contributed by atoms with Gasteiger partial charge >= 0.3 is 5.97 Å². The zero-order valence-corrected chi connectivity index (χ0v) is 25.6. The number of aliphatic carboxylic acids is 1. The summed E-state index contributed by atoms with van der Waals surface area (Å²) in [6.07, 6.45) is 4.95. The van der Waals surface area contributed by atoms with Gasteiger partial charge in [0.2, 0.25) is 0 Å². The molecule has 3 aromatic rings. The predicted molar refractivity (Wildman–Crippen MR) is 164 cm³/mol. The van der Waals surface area contributed by atoms with E-state index < -0.39 is 12.0 Å². The fraction of sp³-hybridized carbons (Fsp3) is 0.529. The minimum atomic E-state index is -0.763. The number of rotatable bonds is 10. The van der Waals surface area contributed by atoms with Crippen LogP contribution in [-0.2, 0) is 11.2 Å². The molecule has 2 fully saturated rings. The normalized spacial score (nSPS) is 23.0. The Morgan fingerprint density at radius 1 is 1.12 bits per heavy atom. The van der Waals surface area contributed by atoms with E-state index in [0.29, 0.717) is 11.8 Å². The van der Waals surface area contributed by atoms with Crippen molar-refractivity contribution < 1.29 is 14.3 Å². The summed E-state index contributed by atoms with van der Waals surface area (Å²) in [5.41, 5.74) is 3.54. The molecule has 1 unspecified atom stereocenters. The first-order valence-electron chi connectivity index (χ1n) is 15.1. The highest BCUT2D eigenvalue weighted by molar-refractivity contribution is 7.11. The number of hydrogen-bond donors (Lipinski definition) is 1. The Bertz CT molecular complexity index is 1300. The van der Waals surface area contributed by atoms with E-state index in [4.69, 9.17) is 4.98 Å². The summed E-state index contributed by atoms with van der Waals surface area (Å²) in [5.74, 6) is 0.201. The van der Waals surface area contributed by atoms with Crippen LogP contribution >= 0.6 is 11.3 Å². The van der Waals surface area contributed by atoms with Crippen LogP contribution in [0, 0.1) is 24.6 Å². The highest BCUT2D eigenvalue weighted by atomic mass is 32.1. The summed E-state index contributed by atoms with van der Waals surface area (Å²) in [5, 5.41) is 11.1. The topological polar surface area (TPSA) is 56.7 Å². The number of piperidine rings is 1. The van der Waals surface area contributed by atoms with Crippen molar-refractivity contribution in [3.63, 3.8) is 0 Å². The van der Waals surface area contributed by atoms with E-state index in [1.54, 1.807) is 6.07 Å². The third kappa shape index (κ3) is 7.07. The first-order valence-corrected chi connectivity index (χ1v) is 15.9. The molecule has 220 valence electrons. The maximum atomic E-state index is 14.3. The lowest BCUT2D eigenvalue weighted by Gasteiger charge is -2.35. The van der Waals surface area contributed by atoms with Gasteiger partial charge in [-0.3, -0.25) is 9.69 Å². The molecule has 2 aliphatic rings. The second-order valence-corrected chi connectivity index (χ2v) is 13.6. The number of halogens is 1. The molecule has 41 heavy (non-hydrogen) atoms. The monoisotopic (exact) mass is 577 g/mol. The molecular weight excluding hydrogens is 533 g/mol. The molecule has 0 spiro atoms. The smallest absolute Gasteiger partial charge is 0.321 e. The van der Waals surface area contributed by atoms with Crippen molar-refractivity contribution in [3.8, 4) is 0 Å². The van der Waals surface area contributed by atoms with Crippen LogP contribution < -0.4 is 0 Å². The molecule has 5 nitrogen and oxygen atoms in total. The Hall–Kier alpha value is -2.61. The summed E-state index contributed by atoms with van der Waals surface area (Å²) in [4.78, 5) is 23.1. The fourth-order valence-corrected chi connectivity index (χ4v) is 8.60. The van der Waals surface area contributed by atoms with Crippen molar-refractivity contribution in [2.45, 2.75) is 76.8 Å². The van der Waals surface area contributed by atoms with Gasteiger partial charge in [0, 0.05) is 23.9 Å². The number of carboxylic acids is 1. The zero-order chi connectivity index (χ0) is 29.1. The lowest BCUT2D eigenvalue weighted by molar-refractivity contribution is -0.145. The molecule has 1 saturated heterocycles. The van der Waals surface area contributed by atoms with Gasteiger partial charge in [0.15, 0.2) is 0 Å². The zero-order valence-electron chi connectivity index (χ0n) is 24.8. The molecule has 0 amide bonds. The van der Waals surface area contributed by atoms with Gasteiger partial charge in [0.05, 0.1) is 10.7 Å². The van der Waals surface area contributed by atoms with Gasteiger partial charge in [-0.2, -0.15) is 0 Å². The van der Waals surface area contributed by atoms with E-state index in [1.165, 1.54) is 27.2 Å². The van der Waals surface area contributed by atoms with Crippen LogP contribution in [0.5, 0.6) is 0 Å². The molecule has 1 N–H and O–H groups in total. The molecule has 1 aromatic heterocycles. The number of benzene rings is 2. The maximum absolute atomic E-state index is 14.3. The maximum Gasteiger partial charge on any atom is 0.321 e. The van der Waals surface area contributed by atoms with Crippen LogP contribution in [0.4, 0.5) is 4.39 Å². The Morgan fingerprint density at radius 3 is 2.51 bits per heavy atom. The minimum absolute atomic E-state index is 0.0200. The first kappa shape index (κ1) is 29.9. The van der Waals surface area contributed by atoms with Gasteiger partial charge in [0.25, 0.3) is 0 Å². The SMILES string of the molecule is Cc1nc(Cc2ccccc2)sc1C1CCN(C[C@H]2CC(N(C)[C@@H](C(=O)O)C(C)C)C[C@@H]2c2cccc(F)c2)CC1. The average molecular weight is 578 g/mol. The number of carbonyl (C=O) groups is 1. The largest absolute Gasteiger partial charge is 0.480 e. The molecule has 4 atom stereocenters. The Morgan fingerprint density at radius 2 is 1.85 bits per heavy atom. The van der Waals surface area contributed by atoms with E-state index in [1.807, 2.05) is 44.4 Å². The van der Waals surface area contributed by atoms with E-state index in [9.17, 15) is 14.3 Å². The standard InChI is InChI=1S/C34H44FN3O2S/c1-22(2)32(34(39)40)37(4)29-19-27(30(20-29)26-11-8-12-28(35)18-26)21-38-15-13-25(14-16-38)33-23(3)36-31(41-33)17-24-9-6-5-7-10-24/h5-12,18,22,25,27,29-30,32H,13-17,19-21H2,1-4H3,(H,39,40)/t27-,29?,30-,32-/m1/s1. The Kier molecular flexibility index (Phi) is 9.57. The first-order chi connectivity index (χ1) is 19.7. The van der Waals surface area contributed by atoms with Crippen molar-refractivity contribution in [1.82, 2.24) is 14.8 Å². The predicted octanol–water partition coefficient (Wildman–Crippen LogP) is 6.96. The summed E-state index contributed by atoms with van der Waals surface area (Å²) in [6.45, 7) is 9.18. The van der Waals surface area contributed by atoms with Crippen LogP contribution in [0.1, 0.15) is 78.1 Å². The van der Waals surface area contributed by atoms with Crippen molar-refractivity contribution in [2.75, 3.05) is 26.7 Å². The molecule has 2 aromatic carbocycles. The summed E-state index contributed by atoms with van der Waals surface area (Å²) in [6, 6.07) is 17.3. The summed E-state index contributed by atoms with van der Waals surface area (Å²) in [7, 11) is 1.96. The van der Waals surface area contributed by atoms with Crippen molar-refractivity contribution >= 4 is 17.3 Å². The molecule has 5 rings (SSSR count). The molecule has 7 heteroatoms. The second kappa shape index (κ2) is 13.1. The quantitative estimate of drug-likeness (QED) is 0.282. The fourth-order valence-electron chi connectivity index (χ4n) is 7.33. The third-order valence-corrected chi connectivity index (χ3v) is 10.7. The van der Waals surface area contributed by atoms with Crippen LogP contribution in [0.25, 0.3) is 0 Å². The highest BCUT2D eigenvalue weighted by Crippen LogP contribution is 2.44. The Labute approximate surface area is 248 Å². The van der Waals surface area contributed by atoms with Crippen molar-refractivity contribution in [2.24, 2.45) is 11.8 Å². The van der Waals surface area contributed by atoms with Gasteiger partial charge in [-0.15, -0.1) is 11.3 Å². The van der Waals surface area contributed by atoms with Crippen LogP contribution in [0.3, 0.4) is 0 Å². The number of carboxylic acid groups (broad SMARTS) is 1. The van der Waals surface area contributed by atoms with E-state index >= 15 is 0 Å². The lowest BCUT2D eigenvalue weighted by Crippen LogP contribution is -2.47. The van der Waals surface area contributed by atoms with Crippen molar-refractivity contribution in [3.05, 3.63) is 87.1 Å². The molecule has 2 heterocycles. The van der Waals surface area contributed by atoms with Gasteiger partial charge in [0.1, 0.15) is 11.9 Å². The highest BCUT2D eigenvalue weighted by Gasteiger charge is 2.42. The summed E-state index contributed by atoms with van der Waals surface area (Å²) < 4.78 is 14.3. The number of thiazole rings is 1. The van der Waals surface area contributed by atoms with Crippen LogP contribution in [0.15, 0.2) is 54.6 Å². The number of hydrogen-bond acceptors (Lipinski definition) is 5. The van der Waals surface area contributed by atoms with E-state index in [0.717, 1.165) is 57.3 Å². The second-order valence-electron chi connectivity index (χ2n) is 12.5. The van der Waals surface area contributed by atoms with Gasteiger partial charge < -0.3 is 10.0 Å². The van der Waals surface area contributed by atoms with Gasteiger partial charge in [-0.1, -0.05) is 56.3 Å². The summed E-state index contributed by atoms with van der Waals surface area (Å²) >= 11 is 1.89. The van der Waals surface area contributed by atoms with E-state index in [2.05, 4.69) is 47.1 Å². The Balaban J connectivity index is 1.25. The number of likely N-dealkylation sites (tertiary alicyclic amines) is 1. The van der Waals surface area contributed by atoms with Crippen LogP contribution in [-0.4, -0.2) is 64.6 Å². The number of aromatic nitrogens is 1. The molecule has 1 saturated carbocycles. The molecule has 0 bridgehead atoms. The van der Waals surface area contributed by atoms with Gasteiger partial charge in [-0.05, 0) is 99.7 Å². The average Bonchev–Trinajstić information content (AvgIpc) is 3.52. The van der Waals surface area contributed by atoms with Crippen LogP contribution in [0.2, 0.25) is 0 Å². The molecule has 1 aliphatic heterocycles. The number of likely N-dealkylation sites (N-methyl/N-ethyl adjacent to an activating group) is 1.